The van der Waals surface area contributed by atoms with Crippen molar-refractivity contribution in [2.45, 2.75) is 31.8 Å². The van der Waals surface area contributed by atoms with Gasteiger partial charge in [-0.15, -0.1) is 0 Å². The molecule has 0 aromatic carbocycles. The maximum absolute atomic E-state index is 9.36. The van der Waals surface area contributed by atoms with Crippen molar-refractivity contribution in [3.8, 4) is 0 Å². The third-order valence-corrected chi connectivity index (χ3v) is 3.72. The minimum atomic E-state index is -0.0919. The summed E-state index contributed by atoms with van der Waals surface area (Å²) in [6.45, 7) is 0.873. The molecule has 0 aliphatic heterocycles. The quantitative estimate of drug-likeness (QED) is 0.860. The van der Waals surface area contributed by atoms with Crippen molar-refractivity contribution < 1.29 is 5.11 Å². The Hall–Kier alpha value is -0.390. The highest BCUT2D eigenvalue weighted by Gasteiger charge is 2.19. The molecule has 0 atom stereocenters. The molecule has 1 aromatic heterocycles. The number of nitrogens with one attached hydrogen (secondary N) is 1. The zero-order valence-corrected chi connectivity index (χ0v) is 9.89. The van der Waals surface area contributed by atoms with E-state index in [-0.39, 0.29) is 6.10 Å². The van der Waals surface area contributed by atoms with E-state index in [9.17, 15) is 5.11 Å². The van der Waals surface area contributed by atoms with Crippen molar-refractivity contribution in [1.29, 1.82) is 0 Å². The van der Waals surface area contributed by atoms with Gasteiger partial charge in [-0.3, -0.25) is 0 Å². The molecule has 0 saturated heterocycles. The largest absolute Gasteiger partial charge is 0.393 e. The second kappa shape index (κ2) is 5.09. The Morgan fingerprint density at radius 1 is 1.33 bits per heavy atom. The molecule has 1 aliphatic carbocycles. The van der Waals surface area contributed by atoms with E-state index in [1.807, 2.05) is 0 Å². The standard InChI is InChI=1S/C9H14ClN3OS/c10-8-9(13-15-12-8)11-5-6-1-3-7(14)4-2-6/h6-7,14H,1-5H2,(H,11,13). The molecule has 0 amide bonds. The molecule has 15 heavy (non-hydrogen) atoms. The lowest BCUT2D eigenvalue weighted by atomic mass is 9.87. The summed E-state index contributed by atoms with van der Waals surface area (Å²) in [7, 11) is 0. The van der Waals surface area contributed by atoms with Gasteiger partial charge in [-0.1, -0.05) is 11.6 Å². The molecule has 2 N–H and O–H groups in total. The molecule has 0 bridgehead atoms. The van der Waals surface area contributed by atoms with Crippen LogP contribution < -0.4 is 5.32 Å². The SMILES string of the molecule is OC1CCC(CNc2nsnc2Cl)CC1. The van der Waals surface area contributed by atoms with Crippen LogP contribution >= 0.6 is 23.3 Å². The van der Waals surface area contributed by atoms with Crippen LogP contribution in [0.1, 0.15) is 25.7 Å². The highest BCUT2D eigenvalue weighted by atomic mass is 35.5. The first-order chi connectivity index (χ1) is 7.25. The van der Waals surface area contributed by atoms with Gasteiger partial charge < -0.3 is 10.4 Å². The van der Waals surface area contributed by atoms with Crippen LogP contribution in [0, 0.1) is 5.92 Å². The first-order valence-electron chi connectivity index (χ1n) is 5.15. The molecule has 1 heterocycles. The highest BCUT2D eigenvalue weighted by Crippen LogP contribution is 2.25. The van der Waals surface area contributed by atoms with Crippen LogP contribution in [0.5, 0.6) is 0 Å². The average Bonchev–Trinajstić information content (AvgIpc) is 2.63. The van der Waals surface area contributed by atoms with Crippen molar-refractivity contribution >= 4 is 29.1 Å². The van der Waals surface area contributed by atoms with Crippen molar-refractivity contribution in [1.82, 2.24) is 8.75 Å². The van der Waals surface area contributed by atoms with Gasteiger partial charge in [-0.25, -0.2) is 0 Å². The second-order valence-electron chi connectivity index (χ2n) is 3.96. The molecule has 2 rings (SSSR count). The predicted octanol–water partition coefficient (Wildman–Crippen LogP) is 2.15. The van der Waals surface area contributed by atoms with E-state index in [4.69, 9.17) is 11.6 Å². The highest BCUT2D eigenvalue weighted by molar-refractivity contribution is 6.99. The minimum absolute atomic E-state index is 0.0919. The van der Waals surface area contributed by atoms with E-state index in [2.05, 4.69) is 14.1 Å². The van der Waals surface area contributed by atoms with Crippen molar-refractivity contribution in [3.63, 3.8) is 0 Å². The Morgan fingerprint density at radius 3 is 2.67 bits per heavy atom. The zero-order chi connectivity index (χ0) is 10.7. The summed E-state index contributed by atoms with van der Waals surface area (Å²) in [5.74, 6) is 1.30. The molecular formula is C9H14ClN3OS. The van der Waals surface area contributed by atoms with Crippen LogP contribution in [0.4, 0.5) is 5.82 Å². The topological polar surface area (TPSA) is 58.0 Å². The number of nitrogens with zero attached hydrogens (tertiary/aromatic N) is 2. The lowest BCUT2D eigenvalue weighted by Gasteiger charge is -2.25. The summed E-state index contributed by atoms with van der Waals surface area (Å²) < 4.78 is 7.94. The lowest BCUT2D eigenvalue weighted by Crippen LogP contribution is -2.23. The third-order valence-electron chi connectivity index (χ3n) is 2.82. The first kappa shape index (κ1) is 11.1. The fourth-order valence-corrected chi connectivity index (χ4v) is 2.56. The van der Waals surface area contributed by atoms with Gasteiger partial charge in [0.2, 0.25) is 0 Å². The lowest BCUT2D eigenvalue weighted by molar-refractivity contribution is 0.111. The van der Waals surface area contributed by atoms with Gasteiger partial charge in [-0.05, 0) is 31.6 Å². The zero-order valence-electron chi connectivity index (χ0n) is 8.32. The number of aliphatic hydroxyl groups is 1. The Kier molecular flexibility index (Phi) is 3.77. The first-order valence-corrected chi connectivity index (χ1v) is 6.26. The van der Waals surface area contributed by atoms with E-state index in [1.165, 1.54) is 0 Å². The predicted molar refractivity (Wildman–Crippen MR) is 61.4 cm³/mol. The molecule has 0 radical (unpaired) electrons. The van der Waals surface area contributed by atoms with Crippen LogP contribution in [0.3, 0.4) is 0 Å². The Bertz CT molecular complexity index is 312. The number of rotatable bonds is 3. The van der Waals surface area contributed by atoms with Gasteiger partial charge in [-0.2, -0.15) is 8.75 Å². The molecule has 0 spiro atoms. The number of hydrogen-bond donors (Lipinski definition) is 2. The number of aromatic nitrogens is 2. The van der Waals surface area contributed by atoms with E-state index in [0.717, 1.165) is 44.0 Å². The minimum Gasteiger partial charge on any atom is -0.393 e. The van der Waals surface area contributed by atoms with Gasteiger partial charge >= 0.3 is 0 Å². The summed E-state index contributed by atoms with van der Waals surface area (Å²) in [6, 6.07) is 0. The molecule has 1 fully saturated rings. The number of aliphatic hydroxyl groups excluding tert-OH is 1. The normalized spacial score (nSPS) is 26.5. The number of hydrogen-bond acceptors (Lipinski definition) is 5. The molecule has 1 saturated carbocycles. The summed E-state index contributed by atoms with van der Waals surface area (Å²) in [5, 5.41) is 13.0. The summed E-state index contributed by atoms with van der Waals surface area (Å²) in [4.78, 5) is 0. The van der Waals surface area contributed by atoms with Crippen molar-refractivity contribution in [3.05, 3.63) is 5.15 Å². The molecule has 1 aliphatic rings. The van der Waals surface area contributed by atoms with Gasteiger partial charge in [0.15, 0.2) is 11.0 Å². The van der Waals surface area contributed by atoms with Gasteiger partial charge in [0.25, 0.3) is 0 Å². The summed E-state index contributed by atoms with van der Waals surface area (Å²) in [5.41, 5.74) is 0. The fourth-order valence-electron chi connectivity index (χ4n) is 1.87. The Balaban J connectivity index is 1.77. The molecule has 4 nitrogen and oxygen atoms in total. The molecule has 6 heteroatoms. The van der Waals surface area contributed by atoms with E-state index >= 15 is 0 Å². The van der Waals surface area contributed by atoms with E-state index in [1.54, 1.807) is 0 Å². The van der Waals surface area contributed by atoms with Crippen LogP contribution in [-0.2, 0) is 0 Å². The van der Waals surface area contributed by atoms with Gasteiger partial charge in [0, 0.05) is 6.54 Å². The number of anilines is 1. The molecule has 1 aromatic rings. The smallest absolute Gasteiger partial charge is 0.186 e. The van der Waals surface area contributed by atoms with Crippen molar-refractivity contribution in [2.24, 2.45) is 5.92 Å². The maximum atomic E-state index is 9.36. The van der Waals surface area contributed by atoms with Gasteiger partial charge in [0.1, 0.15) is 0 Å². The van der Waals surface area contributed by atoms with Gasteiger partial charge in [0.05, 0.1) is 17.8 Å². The molecular weight excluding hydrogens is 234 g/mol. The maximum Gasteiger partial charge on any atom is 0.186 e. The third kappa shape index (κ3) is 3.03. The van der Waals surface area contributed by atoms with E-state index in [0.29, 0.717) is 16.9 Å². The van der Waals surface area contributed by atoms with Crippen molar-refractivity contribution in [2.75, 3.05) is 11.9 Å². The van der Waals surface area contributed by atoms with E-state index < -0.39 is 0 Å². The number of halogens is 1. The monoisotopic (exact) mass is 247 g/mol. The van der Waals surface area contributed by atoms with Crippen LogP contribution in [0.2, 0.25) is 5.15 Å². The van der Waals surface area contributed by atoms with Crippen LogP contribution in [0.15, 0.2) is 0 Å². The molecule has 0 unspecified atom stereocenters. The fraction of sp³-hybridized carbons (Fsp3) is 0.778. The second-order valence-corrected chi connectivity index (χ2v) is 4.85. The average molecular weight is 248 g/mol. The summed E-state index contributed by atoms with van der Waals surface area (Å²) in [6.07, 6.45) is 3.88. The Labute approximate surface area is 98.0 Å². The molecule has 84 valence electrons. The van der Waals surface area contributed by atoms with Crippen LogP contribution in [0.25, 0.3) is 0 Å². The Morgan fingerprint density at radius 2 is 2.07 bits per heavy atom. The summed E-state index contributed by atoms with van der Waals surface area (Å²) >= 11 is 6.93. The van der Waals surface area contributed by atoms with Crippen LogP contribution in [-0.4, -0.2) is 26.5 Å².